The molecule has 0 radical (unpaired) electrons. The van der Waals surface area contributed by atoms with Crippen molar-refractivity contribution >= 4 is 70.5 Å². The maximum absolute atomic E-state index is 10.2. The fraction of sp³-hybridized carbons (Fsp3) is 0.0400. The Kier molecular flexibility index (Phi) is 3.09. The second kappa shape index (κ2) is 11.5. The molecule has 1 aliphatic rings. The van der Waals surface area contributed by atoms with Crippen LogP contribution in [0, 0.1) is 0 Å². The molecule has 0 atom stereocenters. The monoisotopic (exact) mass is 721 g/mol. The van der Waals surface area contributed by atoms with Gasteiger partial charge in [0.05, 0.1) is 46.0 Å². The van der Waals surface area contributed by atoms with Crippen molar-refractivity contribution in [3.05, 3.63) is 198 Å². The summed E-state index contributed by atoms with van der Waals surface area (Å²) in [7, 11) is 0. The van der Waals surface area contributed by atoms with Gasteiger partial charge in [-0.2, -0.15) is 0 Å². The van der Waals surface area contributed by atoms with Gasteiger partial charge in [0, 0.05) is 43.0 Å². The molecule has 0 unspecified atom stereocenters. The lowest BCUT2D eigenvalue weighted by Crippen LogP contribution is -2.22. The summed E-state index contributed by atoms with van der Waals surface area (Å²) in [6.45, 7) is 1.27. The molecule has 0 spiro atoms. The summed E-state index contributed by atoms with van der Waals surface area (Å²) in [5.74, 6) is 0. The molecule has 2 aromatic heterocycles. The van der Waals surface area contributed by atoms with Gasteiger partial charge in [0.15, 0.2) is 0 Å². The highest BCUT2D eigenvalue weighted by Gasteiger charge is 2.40. The highest BCUT2D eigenvalue weighted by Crippen LogP contribution is 2.53. The summed E-state index contributed by atoms with van der Waals surface area (Å²) < 4.78 is 243. The molecule has 10 aromatic rings. The molecule has 8 aromatic carbocycles. The second-order valence-corrected chi connectivity index (χ2v) is 13.2. The largest absolute Gasteiger partial charge is 0.456 e. The first kappa shape index (κ1) is 14.2. The first-order valence-electron chi connectivity index (χ1n) is 29.0. The molecule has 0 aliphatic heterocycles. The van der Waals surface area contributed by atoms with Crippen LogP contribution >= 0.6 is 11.3 Å². The van der Waals surface area contributed by atoms with E-state index in [-0.39, 0.29) is 65.8 Å². The van der Waals surface area contributed by atoms with Gasteiger partial charge in [0.25, 0.3) is 0 Å². The van der Waals surface area contributed by atoms with Gasteiger partial charge < -0.3 is 9.32 Å². The van der Waals surface area contributed by atoms with E-state index in [1.165, 1.54) is 13.0 Å². The van der Waals surface area contributed by atoms with Crippen molar-refractivity contribution in [1.29, 1.82) is 0 Å². The van der Waals surface area contributed by atoms with E-state index >= 15 is 0 Å². The molecule has 0 saturated heterocycles. The van der Waals surface area contributed by atoms with Gasteiger partial charge >= 0.3 is 0 Å². The predicted octanol–water partition coefficient (Wildman–Crippen LogP) is 14.4. The minimum Gasteiger partial charge on any atom is -0.456 e. The molecule has 0 saturated carbocycles. The molecule has 1 aliphatic carbocycles. The van der Waals surface area contributed by atoms with Gasteiger partial charge in [-0.05, 0) is 100 Å². The molecule has 11 rings (SSSR count). The maximum Gasteiger partial charge on any atom is 0.135 e. The van der Waals surface area contributed by atoms with Crippen LogP contribution in [0.2, 0.25) is 0 Å². The summed E-state index contributed by atoms with van der Waals surface area (Å²) in [4.78, 5) is 0.848. The van der Waals surface area contributed by atoms with Crippen molar-refractivity contribution in [3.8, 4) is 22.3 Å². The minimum atomic E-state index is -2.29. The molecule has 3 heteroatoms. The van der Waals surface area contributed by atoms with E-state index in [1.54, 1.807) is 0 Å². The van der Waals surface area contributed by atoms with Crippen LogP contribution in [-0.4, -0.2) is 0 Å². The van der Waals surface area contributed by atoms with Gasteiger partial charge in [-0.3, -0.25) is 0 Å². The Balaban J connectivity index is 1.32. The van der Waals surface area contributed by atoms with Crippen molar-refractivity contribution in [3.63, 3.8) is 0 Å². The highest BCUT2D eigenvalue weighted by molar-refractivity contribution is 7.26. The number of anilines is 3. The van der Waals surface area contributed by atoms with E-state index in [2.05, 4.69) is 0 Å². The van der Waals surface area contributed by atoms with E-state index in [9.17, 15) is 16.4 Å². The number of rotatable bonds is 5. The van der Waals surface area contributed by atoms with Crippen molar-refractivity contribution in [2.75, 3.05) is 4.90 Å². The molecule has 2 heterocycles. The normalized spacial score (nSPS) is 20.0. The minimum absolute atomic E-state index is 0.0586. The molecule has 0 amide bonds. The van der Waals surface area contributed by atoms with Gasteiger partial charge in [-0.15, -0.1) is 11.3 Å². The van der Waals surface area contributed by atoms with Crippen LogP contribution in [0.3, 0.4) is 0 Å². The number of furan rings is 1. The topological polar surface area (TPSA) is 16.4 Å². The zero-order chi connectivity index (χ0) is 57.7. The van der Waals surface area contributed by atoms with Crippen LogP contribution in [0.4, 0.5) is 17.1 Å². The van der Waals surface area contributed by atoms with Crippen molar-refractivity contribution in [1.82, 2.24) is 0 Å². The van der Waals surface area contributed by atoms with Crippen molar-refractivity contribution < 1.29 is 40.1 Å². The van der Waals surface area contributed by atoms with Gasteiger partial charge in [0.1, 0.15) is 11.2 Å². The van der Waals surface area contributed by atoms with Crippen LogP contribution in [0.25, 0.3) is 64.4 Å². The van der Waals surface area contributed by atoms with Crippen LogP contribution < -0.4 is 4.90 Å². The van der Waals surface area contributed by atoms with Gasteiger partial charge in [-0.25, -0.2) is 0 Å². The lowest BCUT2D eigenvalue weighted by molar-refractivity contribution is 0.667. The third-order valence-electron chi connectivity index (χ3n) is 9.33. The third kappa shape index (κ3) is 4.51. The SMILES string of the molecule is [2H]c1cc([2H])c(-c2c([2H])c([2H])c(N(c3c([2H])c([2H])c4oc5c([2H])c([2H])c(C6(C)c7c([2H])c([2H])c([2H])c([2H])c7-c7c([2H])c([2H])c([2H])c([2H])c76)c([2H])c5c4c3[2H])c3cc([2H])c([2H])c4c3sc3cc([2H])c([2H])c([2H])c34)c([2H])c2[2H])cc1[2H]. The molecular weight excluding hydrogens is 663 g/mol. The average molecular weight is 722 g/mol. The summed E-state index contributed by atoms with van der Waals surface area (Å²) in [6, 6.07) is -14.2. The van der Waals surface area contributed by atoms with Crippen molar-refractivity contribution in [2.24, 2.45) is 0 Å². The fourth-order valence-corrected chi connectivity index (χ4v) is 7.92. The predicted molar refractivity (Wildman–Crippen MR) is 224 cm³/mol. The van der Waals surface area contributed by atoms with Crippen molar-refractivity contribution in [2.45, 2.75) is 12.3 Å². The Labute approximate surface area is 348 Å². The number of hydrogen-bond donors (Lipinski definition) is 0. The third-order valence-corrected chi connectivity index (χ3v) is 10.5. The summed E-state index contributed by atoms with van der Waals surface area (Å²) in [5, 5.41) is -1.29. The molecule has 53 heavy (non-hydrogen) atoms. The Morgan fingerprint density at radius 1 is 0.547 bits per heavy atom. The maximum atomic E-state index is 10.2. The van der Waals surface area contributed by atoms with E-state index in [4.69, 9.17) is 23.6 Å². The number of fused-ring (bicyclic) bond motifs is 9. The highest BCUT2D eigenvalue weighted by atomic mass is 32.1. The van der Waals surface area contributed by atoms with Gasteiger partial charge in [0.2, 0.25) is 0 Å². The van der Waals surface area contributed by atoms with Crippen LogP contribution in [0.15, 0.2) is 186 Å². The zero-order valence-corrected chi connectivity index (χ0v) is 27.9. The zero-order valence-electron chi connectivity index (χ0n) is 53.1. The molecule has 2 nitrogen and oxygen atoms in total. The lowest BCUT2D eigenvalue weighted by Gasteiger charge is -2.28. The van der Waals surface area contributed by atoms with Crippen LogP contribution in [0.5, 0.6) is 0 Å². The van der Waals surface area contributed by atoms with Crippen LogP contribution in [-0.2, 0) is 5.41 Å². The number of thiophene rings is 1. The summed E-state index contributed by atoms with van der Waals surface area (Å²) in [6.07, 6.45) is 0. The first-order valence-corrected chi connectivity index (χ1v) is 16.9. The smallest absolute Gasteiger partial charge is 0.135 e. The molecule has 0 fully saturated rings. The van der Waals surface area contributed by atoms with Crippen LogP contribution in [0.1, 0.15) is 59.3 Å². The first-order chi connectivity index (χ1) is 36.9. The second-order valence-electron chi connectivity index (χ2n) is 12.2. The standard InChI is InChI=1S/C50H33NOS/c1-50(43-18-8-5-14-37(43)38-15-6-9-19-44(38)50)34-24-28-46-41(30-34)42-31-36(27-29-47(42)52-46)51(35-25-22-33(23-26-35)32-12-3-2-4-13-32)45-20-11-17-40-39-16-7-10-21-48(39)53-49(40)45/h2-31H,1H3/i2D,3D,5D,6D,7D,8D,9D,10D,11D,13D,14D,15D,16D,17D,18D,19D,22D,23D,24D,25D,26D,27D,28D,29D,30D,31D. The average Bonchev–Trinajstić information content (AvgIpc) is 2.59. The van der Waals surface area contributed by atoms with Gasteiger partial charge in [-0.1, -0.05) is 127 Å². The Hall–Kier alpha value is -6.42. The molecule has 0 N–H and O–H groups in total. The lowest BCUT2D eigenvalue weighted by atomic mass is 9.74. The quantitative estimate of drug-likeness (QED) is 0.176. The summed E-state index contributed by atoms with van der Waals surface area (Å²) in [5.41, 5.74) is -8.21. The molecule has 0 bridgehead atoms. The van der Waals surface area contributed by atoms with E-state index in [1.807, 2.05) is 0 Å². The Bertz CT molecular complexity index is 4450. The molecule has 250 valence electrons. The number of nitrogens with zero attached hydrogens (tertiary/aromatic N) is 1. The Morgan fingerprint density at radius 2 is 1.23 bits per heavy atom. The number of benzene rings is 8. The summed E-state index contributed by atoms with van der Waals surface area (Å²) >= 11 is 0.814. The Morgan fingerprint density at radius 3 is 2.04 bits per heavy atom. The fourth-order valence-electron chi connectivity index (χ4n) is 6.82. The van der Waals surface area contributed by atoms with E-state index in [0.717, 1.165) is 34.4 Å². The number of hydrogen-bond acceptors (Lipinski definition) is 3. The molecular formula is C50H33NOS. The van der Waals surface area contributed by atoms with E-state index < -0.39 is 195 Å². The van der Waals surface area contributed by atoms with E-state index in [0.29, 0.717) is 0 Å².